The Bertz CT molecular complexity index is 1190. The van der Waals surface area contributed by atoms with Crippen LogP contribution in [-0.2, 0) is 30.4 Å². The van der Waals surface area contributed by atoms with Crippen molar-refractivity contribution < 1.29 is 33.3 Å². The Kier molecular flexibility index (Phi) is 9.28. The van der Waals surface area contributed by atoms with Gasteiger partial charge in [-0.15, -0.1) is 0 Å². The summed E-state index contributed by atoms with van der Waals surface area (Å²) in [6, 6.07) is 2.48. The number of pyridine rings is 1. The lowest BCUT2D eigenvalue weighted by Crippen LogP contribution is -2.65. The number of carbonyl (C=O) groups excluding carboxylic acids is 5. The highest BCUT2D eigenvalue weighted by atomic mass is 16.7. The molecule has 5 amide bonds. The van der Waals surface area contributed by atoms with Crippen LogP contribution < -0.4 is 11.1 Å². The van der Waals surface area contributed by atoms with Crippen LogP contribution in [0.2, 0.25) is 0 Å². The number of rotatable bonds is 13. The lowest BCUT2D eigenvalue weighted by molar-refractivity contribution is -0.787. The summed E-state index contributed by atoms with van der Waals surface area (Å²) in [5, 5.41) is 3.69. The van der Waals surface area contributed by atoms with E-state index in [1.54, 1.807) is 6.20 Å². The lowest BCUT2D eigenvalue weighted by atomic mass is 9.90. The minimum absolute atomic E-state index is 0.0202. The largest absolute Gasteiger partial charge is 0.421 e. The Hall–Kier alpha value is -3.80. The number of hydrogen-bond acceptors (Lipinski definition) is 7. The molecule has 1 saturated heterocycles. The van der Waals surface area contributed by atoms with Gasteiger partial charge in [0.15, 0.2) is 0 Å². The van der Waals surface area contributed by atoms with Gasteiger partial charge in [-0.25, -0.2) is 14.6 Å². The van der Waals surface area contributed by atoms with Crippen molar-refractivity contribution in [2.24, 2.45) is 17.6 Å². The molecule has 39 heavy (non-hydrogen) atoms. The molecule has 4 rings (SSSR count). The quantitative estimate of drug-likeness (QED) is 0.222. The van der Waals surface area contributed by atoms with Crippen LogP contribution in [-0.4, -0.2) is 75.3 Å². The molecule has 3 atom stereocenters. The van der Waals surface area contributed by atoms with Crippen molar-refractivity contribution in [3.63, 3.8) is 0 Å². The predicted molar refractivity (Wildman–Crippen MR) is 139 cm³/mol. The van der Waals surface area contributed by atoms with Crippen LogP contribution in [0, 0.1) is 11.8 Å². The zero-order valence-corrected chi connectivity index (χ0v) is 22.1. The number of imide groups is 1. The Morgan fingerprint density at radius 3 is 2.72 bits per heavy atom. The summed E-state index contributed by atoms with van der Waals surface area (Å²) in [7, 11) is 0. The van der Waals surface area contributed by atoms with E-state index in [1.807, 2.05) is 28.9 Å². The van der Waals surface area contributed by atoms with Crippen LogP contribution in [0.25, 0.3) is 5.65 Å². The third-order valence-corrected chi connectivity index (χ3v) is 8.20. The summed E-state index contributed by atoms with van der Waals surface area (Å²) >= 11 is 0. The van der Waals surface area contributed by atoms with E-state index in [0.29, 0.717) is 38.6 Å². The average Bonchev–Trinajstić information content (AvgIpc) is 3.69. The Balaban J connectivity index is 1.44. The Morgan fingerprint density at radius 1 is 1.21 bits per heavy atom. The van der Waals surface area contributed by atoms with Gasteiger partial charge in [-0.3, -0.25) is 14.4 Å². The molecule has 1 aliphatic heterocycles. The van der Waals surface area contributed by atoms with Gasteiger partial charge in [-0.1, -0.05) is 31.7 Å². The third kappa shape index (κ3) is 6.44. The van der Waals surface area contributed by atoms with E-state index in [1.165, 1.54) is 0 Å². The summed E-state index contributed by atoms with van der Waals surface area (Å²) in [6.45, 7) is 0.567. The van der Waals surface area contributed by atoms with Crippen molar-refractivity contribution in [2.45, 2.75) is 63.8 Å². The second-order valence-corrected chi connectivity index (χ2v) is 10.6. The van der Waals surface area contributed by atoms with Crippen LogP contribution in [0.1, 0.15) is 56.9 Å². The predicted octanol–water partition coefficient (Wildman–Crippen LogP) is 1.71. The second kappa shape index (κ2) is 12.8. The van der Waals surface area contributed by atoms with Crippen LogP contribution in [0.5, 0.6) is 0 Å². The molecule has 2 aliphatic rings. The summed E-state index contributed by atoms with van der Waals surface area (Å²) < 4.78 is 1.28. The molecule has 1 aliphatic carbocycles. The first-order valence-electron chi connectivity index (χ1n) is 13.6. The Labute approximate surface area is 227 Å². The molecule has 2 fully saturated rings. The molecule has 0 spiro atoms. The normalized spacial score (nSPS) is 21.9. The van der Waals surface area contributed by atoms with Crippen LogP contribution >= 0.6 is 0 Å². The molecule has 0 radical (unpaired) electrons. The highest BCUT2D eigenvalue weighted by Crippen LogP contribution is 2.36. The van der Waals surface area contributed by atoms with E-state index in [4.69, 9.17) is 10.6 Å². The molecule has 2 aromatic heterocycles. The molecule has 2 aromatic rings. The third-order valence-electron chi connectivity index (χ3n) is 8.20. The molecule has 3 heterocycles. The van der Waals surface area contributed by atoms with Crippen LogP contribution in [0.15, 0.2) is 30.7 Å². The number of urea groups is 1. The number of imidazole rings is 1. The van der Waals surface area contributed by atoms with Crippen molar-refractivity contribution in [1.82, 2.24) is 19.8 Å². The number of hydroxylamine groups is 2. The van der Waals surface area contributed by atoms with Crippen molar-refractivity contribution in [3.8, 4) is 0 Å². The number of nitrogens with one attached hydrogen (secondary N) is 1. The molecule has 12 nitrogen and oxygen atoms in total. The molecular weight excluding hydrogens is 504 g/mol. The standard InChI is InChI=1S/C27H36N6O6/c28-27(38)33(26(37)22(14-20-4-1-2-5-20)17-32(18-34)39-19-35)13-3-6-23(33)15-25(36)30-10-9-21-7-8-24-29-11-12-31(24)16-21/h7-8,11-12,16,18-20,22-23H,1-6,9-10,13-15,17H2,(H2-,28,30,36,38)/p+1/t22-,23+,33?/m1/s1. The van der Waals surface area contributed by atoms with Gasteiger partial charge in [-0.05, 0) is 30.4 Å². The van der Waals surface area contributed by atoms with Gasteiger partial charge in [0.1, 0.15) is 11.7 Å². The van der Waals surface area contributed by atoms with Gasteiger partial charge in [0.05, 0.1) is 25.4 Å². The van der Waals surface area contributed by atoms with Gasteiger partial charge in [0.25, 0.3) is 0 Å². The maximum Gasteiger partial charge on any atom is 0.421 e. The number of nitrogens with zero attached hydrogens (tertiary/aromatic N) is 4. The maximum atomic E-state index is 14.1. The summed E-state index contributed by atoms with van der Waals surface area (Å²) in [5.74, 6) is -1.16. The van der Waals surface area contributed by atoms with Crippen molar-refractivity contribution in [3.05, 3.63) is 36.3 Å². The first kappa shape index (κ1) is 28.2. The number of aromatic nitrogens is 2. The van der Waals surface area contributed by atoms with E-state index in [9.17, 15) is 24.0 Å². The maximum absolute atomic E-state index is 14.1. The zero-order valence-electron chi connectivity index (χ0n) is 22.1. The fraction of sp³-hybridized carbons (Fsp3) is 0.556. The number of primary amides is 1. The number of amides is 5. The molecule has 210 valence electrons. The van der Waals surface area contributed by atoms with E-state index in [0.717, 1.165) is 42.0 Å². The highest BCUT2D eigenvalue weighted by molar-refractivity contribution is 5.86. The van der Waals surface area contributed by atoms with E-state index < -0.39 is 28.4 Å². The number of carbonyl (C=O) groups is 5. The molecule has 12 heteroatoms. The molecule has 1 saturated carbocycles. The van der Waals surface area contributed by atoms with Gasteiger partial charge >= 0.3 is 18.4 Å². The minimum atomic E-state index is -0.797. The number of fused-ring (bicyclic) bond motifs is 1. The van der Waals surface area contributed by atoms with Crippen LogP contribution in [0.3, 0.4) is 0 Å². The summed E-state index contributed by atoms with van der Waals surface area (Å²) in [6.07, 6.45) is 12.0. The monoisotopic (exact) mass is 541 g/mol. The minimum Gasteiger partial charge on any atom is -0.356 e. The highest BCUT2D eigenvalue weighted by Gasteiger charge is 2.56. The second-order valence-electron chi connectivity index (χ2n) is 10.6. The van der Waals surface area contributed by atoms with Crippen molar-refractivity contribution in [2.75, 3.05) is 19.6 Å². The van der Waals surface area contributed by atoms with Crippen molar-refractivity contribution in [1.29, 1.82) is 0 Å². The first-order chi connectivity index (χ1) is 18.9. The van der Waals surface area contributed by atoms with Gasteiger partial charge in [0, 0.05) is 38.0 Å². The zero-order chi connectivity index (χ0) is 27.8. The van der Waals surface area contributed by atoms with E-state index >= 15 is 0 Å². The average molecular weight is 542 g/mol. The van der Waals surface area contributed by atoms with Crippen LogP contribution in [0.4, 0.5) is 4.79 Å². The summed E-state index contributed by atoms with van der Waals surface area (Å²) in [4.78, 5) is 71.2. The fourth-order valence-electron chi connectivity index (χ4n) is 6.28. The Morgan fingerprint density at radius 2 is 2.00 bits per heavy atom. The lowest BCUT2D eigenvalue weighted by Gasteiger charge is -2.36. The number of quaternary nitrogens is 1. The first-order valence-corrected chi connectivity index (χ1v) is 13.6. The van der Waals surface area contributed by atoms with Gasteiger partial charge < -0.3 is 20.3 Å². The van der Waals surface area contributed by atoms with E-state index in [-0.39, 0.29) is 37.8 Å². The van der Waals surface area contributed by atoms with Gasteiger partial charge in [0.2, 0.25) is 12.3 Å². The van der Waals surface area contributed by atoms with E-state index in [2.05, 4.69) is 10.3 Å². The summed E-state index contributed by atoms with van der Waals surface area (Å²) in [5.41, 5.74) is 7.76. The SMILES string of the molecule is NC(=O)[N+]1(C(=O)[C@H](CC2CCCC2)CN(C=O)OC=O)CCC[C@H]1CC(=O)NCCc1ccc2nccn2c1. The van der Waals surface area contributed by atoms with Gasteiger partial charge in [-0.2, -0.15) is 9.55 Å². The fourth-order valence-corrected chi connectivity index (χ4v) is 6.28. The topological polar surface area (TPSA) is 153 Å². The molecule has 1 unspecified atom stereocenters. The number of likely N-dealkylation sites (tertiary alicyclic amines) is 1. The molecule has 0 aromatic carbocycles. The molecular formula is C27H37N6O6+. The molecule has 3 N–H and O–H groups in total. The number of nitrogens with two attached hydrogens (primary N) is 1. The van der Waals surface area contributed by atoms with Crippen molar-refractivity contribution >= 4 is 36.4 Å². The molecule has 0 bridgehead atoms. The smallest absolute Gasteiger partial charge is 0.356 e. The number of hydrogen-bond donors (Lipinski definition) is 2.